The number of nitrogens with zero attached hydrogens (tertiary/aromatic N) is 1. The fourth-order valence-corrected chi connectivity index (χ4v) is 1.32. The number of rotatable bonds is 6. The van der Waals surface area contributed by atoms with E-state index in [4.69, 9.17) is 5.11 Å². The normalized spacial score (nSPS) is 9.83. The topological polar surface area (TPSA) is 91.3 Å². The van der Waals surface area contributed by atoms with Crippen molar-refractivity contribution in [3.63, 3.8) is 0 Å². The van der Waals surface area contributed by atoms with Gasteiger partial charge in [0.25, 0.3) is 0 Å². The molecular weight excluding hydrogens is 234 g/mol. The minimum atomic E-state index is -0.704. The summed E-state index contributed by atoms with van der Waals surface area (Å²) < 4.78 is 0. The van der Waals surface area contributed by atoms with E-state index in [1.165, 1.54) is 6.20 Å². The lowest BCUT2D eigenvalue weighted by molar-refractivity contribution is -0.136. The van der Waals surface area contributed by atoms with Crippen molar-refractivity contribution >= 4 is 17.5 Å². The highest BCUT2D eigenvalue weighted by atomic mass is 16.3. The summed E-state index contributed by atoms with van der Waals surface area (Å²) in [6, 6.07) is 3.32. The van der Waals surface area contributed by atoms with Crippen molar-refractivity contribution in [3.05, 3.63) is 24.5 Å². The second-order valence-electron chi connectivity index (χ2n) is 3.74. The van der Waals surface area contributed by atoms with Gasteiger partial charge in [-0.25, -0.2) is 0 Å². The van der Waals surface area contributed by atoms with Gasteiger partial charge in [-0.3, -0.25) is 14.6 Å². The fraction of sp³-hybridized carbons (Fsp3) is 0.417. The summed E-state index contributed by atoms with van der Waals surface area (Å²) in [4.78, 5) is 26.7. The molecule has 0 saturated heterocycles. The molecule has 0 atom stereocenters. The molecule has 0 saturated carbocycles. The molecule has 0 unspecified atom stereocenters. The predicted molar refractivity (Wildman–Crippen MR) is 66.8 cm³/mol. The number of carbonyl (C=O) groups excluding carboxylic acids is 2. The molecule has 1 aromatic rings. The van der Waals surface area contributed by atoms with E-state index in [0.29, 0.717) is 18.7 Å². The Bertz CT molecular complexity index is 381. The summed E-state index contributed by atoms with van der Waals surface area (Å²) in [5.74, 6) is -1.37. The summed E-state index contributed by atoms with van der Waals surface area (Å²) in [6.07, 6.45) is 5.31. The molecule has 0 aliphatic rings. The SMILES string of the molecule is O=C(NCCCCCO)C(=O)Nc1cccnc1. The average Bonchev–Trinajstić information content (AvgIpc) is 2.39. The van der Waals surface area contributed by atoms with Crippen LogP contribution >= 0.6 is 0 Å². The Morgan fingerprint density at radius 2 is 2.06 bits per heavy atom. The molecule has 0 fully saturated rings. The van der Waals surface area contributed by atoms with Crippen molar-refractivity contribution in [2.45, 2.75) is 19.3 Å². The quantitative estimate of drug-likeness (QED) is 0.501. The lowest BCUT2D eigenvalue weighted by atomic mass is 10.2. The van der Waals surface area contributed by atoms with Crippen LogP contribution in [0.5, 0.6) is 0 Å². The van der Waals surface area contributed by atoms with Crippen molar-refractivity contribution in [1.29, 1.82) is 0 Å². The molecule has 2 amide bonds. The molecule has 18 heavy (non-hydrogen) atoms. The molecule has 0 aliphatic heterocycles. The Balaban J connectivity index is 2.23. The van der Waals surface area contributed by atoms with E-state index in [9.17, 15) is 9.59 Å². The van der Waals surface area contributed by atoms with Crippen LogP contribution in [0.4, 0.5) is 5.69 Å². The Morgan fingerprint density at radius 1 is 1.22 bits per heavy atom. The summed E-state index contributed by atoms with van der Waals surface area (Å²) in [5.41, 5.74) is 0.484. The van der Waals surface area contributed by atoms with Crippen molar-refractivity contribution in [3.8, 4) is 0 Å². The van der Waals surface area contributed by atoms with Gasteiger partial charge in [0.1, 0.15) is 0 Å². The highest BCUT2D eigenvalue weighted by molar-refractivity contribution is 6.39. The van der Waals surface area contributed by atoms with Gasteiger partial charge in [-0.1, -0.05) is 0 Å². The standard InChI is InChI=1S/C12H17N3O3/c16-8-3-1-2-7-14-11(17)12(18)15-10-5-4-6-13-9-10/h4-6,9,16H,1-3,7-8H2,(H,14,17)(H,15,18). The summed E-state index contributed by atoms with van der Waals surface area (Å²) in [7, 11) is 0. The minimum Gasteiger partial charge on any atom is -0.396 e. The Labute approximate surface area is 105 Å². The zero-order valence-corrected chi connectivity index (χ0v) is 10.1. The van der Waals surface area contributed by atoms with Crippen molar-refractivity contribution < 1.29 is 14.7 Å². The summed E-state index contributed by atoms with van der Waals surface area (Å²) in [6.45, 7) is 0.578. The van der Waals surface area contributed by atoms with Gasteiger partial charge in [0.15, 0.2) is 0 Å². The van der Waals surface area contributed by atoms with E-state index >= 15 is 0 Å². The number of amides is 2. The zero-order chi connectivity index (χ0) is 13.2. The zero-order valence-electron chi connectivity index (χ0n) is 10.1. The van der Waals surface area contributed by atoms with Gasteiger partial charge in [-0.2, -0.15) is 0 Å². The van der Waals surface area contributed by atoms with E-state index < -0.39 is 11.8 Å². The van der Waals surface area contributed by atoms with Crippen molar-refractivity contribution in [1.82, 2.24) is 10.3 Å². The van der Waals surface area contributed by atoms with Crippen LogP contribution < -0.4 is 10.6 Å². The first kappa shape index (κ1) is 14.1. The molecule has 6 nitrogen and oxygen atoms in total. The van der Waals surface area contributed by atoms with Gasteiger partial charge in [-0.05, 0) is 31.4 Å². The Kier molecular flexibility index (Phi) is 6.42. The number of hydrogen-bond acceptors (Lipinski definition) is 4. The number of aliphatic hydroxyl groups is 1. The van der Waals surface area contributed by atoms with E-state index in [2.05, 4.69) is 15.6 Å². The molecule has 1 rings (SSSR count). The lowest BCUT2D eigenvalue weighted by Gasteiger charge is -2.05. The number of aromatic nitrogens is 1. The molecule has 98 valence electrons. The minimum absolute atomic E-state index is 0.148. The molecule has 0 radical (unpaired) electrons. The highest BCUT2D eigenvalue weighted by Crippen LogP contribution is 2.01. The molecule has 1 aromatic heterocycles. The maximum atomic E-state index is 11.4. The van der Waals surface area contributed by atoms with Crippen LogP contribution in [-0.2, 0) is 9.59 Å². The van der Waals surface area contributed by atoms with Gasteiger partial charge < -0.3 is 15.7 Å². The van der Waals surface area contributed by atoms with Gasteiger partial charge in [0, 0.05) is 19.3 Å². The maximum absolute atomic E-state index is 11.4. The maximum Gasteiger partial charge on any atom is 0.313 e. The largest absolute Gasteiger partial charge is 0.396 e. The smallest absolute Gasteiger partial charge is 0.313 e. The van der Waals surface area contributed by atoms with Crippen LogP contribution in [0, 0.1) is 0 Å². The first-order valence-electron chi connectivity index (χ1n) is 5.84. The number of unbranched alkanes of at least 4 members (excludes halogenated alkanes) is 2. The van der Waals surface area contributed by atoms with Crippen LogP contribution in [0.3, 0.4) is 0 Å². The fourth-order valence-electron chi connectivity index (χ4n) is 1.32. The number of pyridine rings is 1. The third-order valence-corrected chi connectivity index (χ3v) is 2.25. The third-order valence-electron chi connectivity index (χ3n) is 2.25. The molecule has 0 aliphatic carbocycles. The van der Waals surface area contributed by atoms with E-state index in [1.54, 1.807) is 18.3 Å². The van der Waals surface area contributed by atoms with Crippen LogP contribution in [0.15, 0.2) is 24.5 Å². The number of anilines is 1. The van der Waals surface area contributed by atoms with E-state index in [-0.39, 0.29) is 6.61 Å². The first-order chi connectivity index (χ1) is 8.74. The Morgan fingerprint density at radius 3 is 2.72 bits per heavy atom. The van der Waals surface area contributed by atoms with Gasteiger partial charge in [0.2, 0.25) is 0 Å². The lowest BCUT2D eigenvalue weighted by Crippen LogP contribution is -2.35. The molecule has 0 spiro atoms. The number of aliphatic hydroxyl groups excluding tert-OH is 1. The molecule has 1 heterocycles. The number of hydrogen-bond donors (Lipinski definition) is 3. The summed E-state index contributed by atoms with van der Waals surface area (Å²) in [5, 5.41) is 13.5. The summed E-state index contributed by atoms with van der Waals surface area (Å²) >= 11 is 0. The highest BCUT2D eigenvalue weighted by Gasteiger charge is 2.12. The third kappa shape index (κ3) is 5.40. The van der Waals surface area contributed by atoms with Gasteiger partial charge in [0.05, 0.1) is 11.9 Å². The van der Waals surface area contributed by atoms with Crippen LogP contribution in [0.1, 0.15) is 19.3 Å². The predicted octanol–water partition coefficient (Wildman–Crippen LogP) is 0.299. The Hall–Kier alpha value is -1.95. The van der Waals surface area contributed by atoms with Crippen molar-refractivity contribution in [2.75, 3.05) is 18.5 Å². The van der Waals surface area contributed by atoms with E-state index in [0.717, 1.165) is 12.8 Å². The number of carbonyl (C=O) groups is 2. The second kappa shape index (κ2) is 8.19. The van der Waals surface area contributed by atoms with Crippen LogP contribution in [-0.4, -0.2) is 35.1 Å². The molecule has 0 aromatic carbocycles. The molecule has 6 heteroatoms. The molecular formula is C12H17N3O3. The first-order valence-corrected chi connectivity index (χ1v) is 5.84. The van der Waals surface area contributed by atoms with Gasteiger partial charge in [-0.15, -0.1) is 0 Å². The van der Waals surface area contributed by atoms with Gasteiger partial charge >= 0.3 is 11.8 Å². The van der Waals surface area contributed by atoms with Crippen molar-refractivity contribution in [2.24, 2.45) is 0 Å². The average molecular weight is 251 g/mol. The monoisotopic (exact) mass is 251 g/mol. The second-order valence-corrected chi connectivity index (χ2v) is 3.74. The molecule has 3 N–H and O–H groups in total. The van der Waals surface area contributed by atoms with Crippen LogP contribution in [0.25, 0.3) is 0 Å². The molecule has 0 bridgehead atoms. The van der Waals surface area contributed by atoms with Crippen LogP contribution in [0.2, 0.25) is 0 Å². The van der Waals surface area contributed by atoms with E-state index in [1.807, 2.05) is 0 Å². The number of nitrogens with one attached hydrogen (secondary N) is 2.